The fourth-order valence-corrected chi connectivity index (χ4v) is 5.70. The second-order valence-electron chi connectivity index (χ2n) is 9.47. The number of aliphatic hydroxyl groups is 1. The summed E-state index contributed by atoms with van der Waals surface area (Å²) in [5, 5.41) is 11.3. The van der Waals surface area contributed by atoms with Crippen LogP contribution in [0.15, 0.2) is 61.1 Å². The number of hydrogen-bond donors (Lipinski definition) is 2. The molecule has 0 unspecified atom stereocenters. The van der Waals surface area contributed by atoms with Crippen molar-refractivity contribution >= 4 is 22.5 Å². The summed E-state index contributed by atoms with van der Waals surface area (Å²) in [6.07, 6.45) is 6.97. The van der Waals surface area contributed by atoms with Gasteiger partial charge >= 0.3 is 0 Å². The molecule has 0 spiro atoms. The first kappa shape index (κ1) is 21.2. The molecule has 2 saturated heterocycles. The van der Waals surface area contributed by atoms with Crippen LogP contribution in [-0.2, 0) is 0 Å². The number of anilines is 2. The third-order valence-electron chi connectivity index (χ3n) is 7.51. The van der Waals surface area contributed by atoms with Crippen LogP contribution in [0.25, 0.3) is 22.2 Å². The average Bonchev–Trinajstić information content (AvgIpc) is 3.61. The molecule has 0 saturated carbocycles. The minimum Gasteiger partial charge on any atom is -0.396 e. The molecular formula is C28H30N5O. The molecule has 2 aliphatic rings. The lowest BCUT2D eigenvalue weighted by Gasteiger charge is -2.39. The Morgan fingerprint density at radius 2 is 1.94 bits per heavy atom. The molecule has 6 rings (SSSR count). The Kier molecular flexibility index (Phi) is 5.67. The molecule has 4 heterocycles. The molecule has 2 atom stereocenters. The van der Waals surface area contributed by atoms with Crippen LogP contribution in [0, 0.1) is 12.0 Å². The number of benzene rings is 2. The molecule has 0 amide bonds. The summed E-state index contributed by atoms with van der Waals surface area (Å²) in [7, 11) is 0. The highest BCUT2D eigenvalue weighted by molar-refractivity contribution is 5.87. The number of fused-ring (bicyclic) bond motifs is 1. The Balaban J connectivity index is 1.34. The molecule has 4 aromatic rings. The maximum Gasteiger partial charge on any atom is 0.142 e. The van der Waals surface area contributed by atoms with E-state index in [-0.39, 0.29) is 18.4 Å². The van der Waals surface area contributed by atoms with Gasteiger partial charge in [0.15, 0.2) is 0 Å². The Hall–Kier alpha value is -3.38. The molecular weight excluding hydrogens is 422 g/mol. The SMILES string of the molecule is OC[C@@H]1CCN(c2ncnc3[nH]ccc23)C[C@@H]1c1cccc(-c2ccc[c]c2N2CCCC2)c1. The van der Waals surface area contributed by atoms with E-state index in [0.29, 0.717) is 0 Å². The number of aromatic nitrogens is 3. The van der Waals surface area contributed by atoms with Gasteiger partial charge in [0.2, 0.25) is 0 Å². The average molecular weight is 453 g/mol. The normalized spacial score (nSPS) is 20.9. The van der Waals surface area contributed by atoms with Crippen LogP contribution in [0.3, 0.4) is 0 Å². The number of H-pyrrole nitrogens is 1. The first-order valence-electron chi connectivity index (χ1n) is 12.3. The van der Waals surface area contributed by atoms with Gasteiger partial charge in [-0.1, -0.05) is 42.5 Å². The third-order valence-corrected chi connectivity index (χ3v) is 7.51. The number of piperidine rings is 1. The summed E-state index contributed by atoms with van der Waals surface area (Å²) in [6.45, 7) is 4.11. The molecule has 2 aromatic heterocycles. The van der Waals surface area contributed by atoms with Gasteiger partial charge < -0.3 is 19.9 Å². The highest BCUT2D eigenvalue weighted by Gasteiger charge is 2.31. The number of nitrogens with one attached hydrogen (secondary N) is 1. The summed E-state index contributed by atoms with van der Waals surface area (Å²) in [6, 6.07) is 20.8. The zero-order valence-corrected chi connectivity index (χ0v) is 19.3. The second-order valence-corrected chi connectivity index (χ2v) is 9.47. The van der Waals surface area contributed by atoms with Crippen LogP contribution in [0.5, 0.6) is 0 Å². The van der Waals surface area contributed by atoms with E-state index in [4.69, 9.17) is 0 Å². The van der Waals surface area contributed by atoms with Crippen molar-refractivity contribution in [3.8, 4) is 11.1 Å². The van der Waals surface area contributed by atoms with E-state index in [1.807, 2.05) is 18.3 Å². The number of aliphatic hydroxyl groups excluding tert-OH is 1. The van der Waals surface area contributed by atoms with Gasteiger partial charge in [0, 0.05) is 56.5 Å². The van der Waals surface area contributed by atoms with E-state index in [9.17, 15) is 5.11 Å². The molecule has 173 valence electrons. The van der Waals surface area contributed by atoms with Crippen LogP contribution in [-0.4, -0.2) is 52.8 Å². The summed E-state index contributed by atoms with van der Waals surface area (Å²) in [5.41, 5.74) is 5.81. The molecule has 0 aliphatic carbocycles. The number of para-hydroxylation sites is 1. The van der Waals surface area contributed by atoms with E-state index in [1.54, 1.807) is 6.33 Å². The van der Waals surface area contributed by atoms with Crippen molar-refractivity contribution in [3.05, 3.63) is 72.7 Å². The van der Waals surface area contributed by atoms with Crippen LogP contribution >= 0.6 is 0 Å². The first-order chi connectivity index (χ1) is 16.8. The van der Waals surface area contributed by atoms with Crippen LogP contribution < -0.4 is 9.80 Å². The van der Waals surface area contributed by atoms with Crippen molar-refractivity contribution in [2.24, 2.45) is 5.92 Å². The summed E-state index contributed by atoms with van der Waals surface area (Å²) >= 11 is 0. The van der Waals surface area contributed by atoms with Gasteiger partial charge in [-0.05, 0) is 42.4 Å². The number of rotatable bonds is 5. The Morgan fingerprint density at radius 1 is 1.03 bits per heavy atom. The highest BCUT2D eigenvalue weighted by Crippen LogP contribution is 2.38. The molecule has 2 aromatic carbocycles. The molecule has 6 nitrogen and oxygen atoms in total. The Morgan fingerprint density at radius 3 is 2.82 bits per heavy atom. The van der Waals surface area contributed by atoms with Crippen molar-refractivity contribution < 1.29 is 5.11 Å². The topological polar surface area (TPSA) is 68.3 Å². The minimum absolute atomic E-state index is 0.199. The molecule has 2 fully saturated rings. The van der Waals surface area contributed by atoms with Gasteiger partial charge in [-0.3, -0.25) is 0 Å². The fourth-order valence-electron chi connectivity index (χ4n) is 5.70. The zero-order valence-electron chi connectivity index (χ0n) is 19.3. The Labute approximate surface area is 200 Å². The van der Waals surface area contributed by atoms with Crippen LogP contribution in [0.1, 0.15) is 30.7 Å². The van der Waals surface area contributed by atoms with Crippen molar-refractivity contribution in [1.29, 1.82) is 0 Å². The van der Waals surface area contributed by atoms with Crippen LogP contribution in [0.4, 0.5) is 11.5 Å². The van der Waals surface area contributed by atoms with Gasteiger partial charge in [0.25, 0.3) is 0 Å². The summed E-state index contributed by atoms with van der Waals surface area (Å²) < 4.78 is 0. The van der Waals surface area contributed by atoms with Crippen molar-refractivity contribution in [3.63, 3.8) is 0 Å². The zero-order chi connectivity index (χ0) is 22.9. The second kappa shape index (κ2) is 9.11. The molecule has 2 aliphatic heterocycles. The number of hydrogen-bond acceptors (Lipinski definition) is 5. The first-order valence-corrected chi connectivity index (χ1v) is 12.3. The van der Waals surface area contributed by atoms with Gasteiger partial charge in [-0.2, -0.15) is 0 Å². The summed E-state index contributed by atoms with van der Waals surface area (Å²) in [5.74, 6) is 1.43. The van der Waals surface area contributed by atoms with Crippen molar-refractivity contribution in [2.75, 3.05) is 42.6 Å². The van der Waals surface area contributed by atoms with Gasteiger partial charge in [-0.25, -0.2) is 9.97 Å². The maximum absolute atomic E-state index is 10.2. The maximum atomic E-state index is 10.2. The molecule has 1 radical (unpaired) electrons. The van der Waals surface area contributed by atoms with E-state index in [0.717, 1.165) is 49.5 Å². The monoisotopic (exact) mass is 452 g/mol. The Bertz CT molecular complexity index is 1280. The highest BCUT2D eigenvalue weighted by atomic mass is 16.3. The fraction of sp³-hybridized carbons (Fsp3) is 0.357. The van der Waals surface area contributed by atoms with Gasteiger partial charge in [-0.15, -0.1) is 0 Å². The molecule has 6 heteroatoms. The lowest BCUT2D eigenvalue weighted by Crippen LogP contribution is -2.41. The van der Waals surface area contributed by atoms with Crippen LogP contribution in [0.2, 0.25) is 0 Å². The smallest absolute Gasteiger partial charge is 0.142 e. The standard InChI is InChI=1S/C28H30N5O/c34-18-22-11-15-33(28-24-10-12-29-27(24)30-19-31-28)17-25(22)21-7-5-6-20(16-21)23-8-1-2-9-26(23)32-13-3-4-14-32/h1-2,5-8,10,12,16,19,22,25,34H,3-4,11,13-15,17-18H2,(H,29,30,31)/t22-,25+/m0/s1. The number of aromatic amines is 1. The third kappa shape index (κ3) is 3.82. The lowest BCUT2D eigenvalue weighted by molar-refractivity contribution is 0.184. The predicted octanol–water partition coefficient (Wildman–Crippen LogP) is 4.63. The van der Waals surface area contributed by atoms with E-state index in [1.165, 1.54) is 35.2 Å². The molecule has 34 heavy (non-hydrogen) atoms. The van der Waals surface area contributed by atoms with E-state index >= 15 is 0 Å². The molecule has 2 N–H and O–H groups in total. The summed E-state index contributed by atoms with van der Waals surface area (Å²) in [4.78, 5) is 17.0. The quantitative estimate of drug-likeness (QED) is 0.462. The van der Waals surface area contributed by atoms with E-state index in [2.05, 4.69) is 67.2 Å². The van der Waals surface area contributed by atoms with Crippen molar-refractivity contribution in [2.45, 2.75) is 25.2 Å². The van der Waals surface area contributed by atoms with E-state index < -0.39 is 0 Å². The minimum atomic E-state index is 0.199. The van der Waals surface area contributed by atoms with Gasteiger partial charge in [0.1, 0.15) is 17.8 Å². The van der Waals surface area contributed by atoms with Gasteiger partial charge in [0.05, 0.1) is 11.1 Å². The molecule has 0 bridgehead atoms. The lowest BCUT2D eigenvalue weighted by atomic mass is 9.80. The predicted molar refractivity (Wildman–Crippen MR) is 136 cm³/mol. The largest absolute Gasteiger partial charge is 0.396 e. The number of nitrogens with zero attached hydrogens (tertiary/aromatic N) is 4. The van der Waals surface area contributed by atoms with Crippen molar-refractivity contribution in [1.82, 2.24) is 15.0 Å².